The van der Waals surface area contributed by atoms with Crippen LogP contribution in [0.4, 0.5) is 0 Å². The minimum Gasteiger partial charge on any atom is -0.316 e. The Morgan fingerprint density at radius 1 is 0.765 bits per heavy atom. The lowest BCUT2D eigenvalue weighted by molar-refractivity contribution is -1.69. The molecular weight excluding hydrogens is 354 g/mol. The van der Waals surface area contributed by atoms with Crippen molar-refractivity contribution < 1.29 is 43.0 Å². The normalized spacial score (nSPS) is 11.1. The SMILES string of the molecule is [O-][Cl+2]([O-])O[I+](c1ccccc1)c1ccccc1. The van der Waals surface area contributed by atoms with Crippen LogP contribution in [0.25, 0.3) is 0 Å². The molecule has 0 saturated carbocycles. The number of benzene rings is 2. The zero-order valence-electron chi connectivity index (χ0n) is 8.75. The van der Waals surface area contributed by atoms with E-state index in [0.717, 1.165) is 7.14 Å². The molecule has 0 N–H and O–H groups in total. The van der Waals surface area contributed by atoms with Crippen LogP contribution in [-0.2, 0) is 2.62 Å². The van der Waals surface area contributed by atoms with E-state index < -0.39 is 31.0 Å². The summed E-state index contributed by atoms with van der Waals surface area (Å²) in [5, 5.41) is 0. The lowest BCUT2D eigenvalue weighted by Crippen LogP contribution is -3.85. The summed E-state index contributed by atoms with van der Waals surface area (Å²) in [5.74, 6) is 0. The van der Waals surface area contributed by atoms with Crippen LogP contribution in [0.5, 0.6) is 0 Å². The molecule has 0 fully saturated rings. The molecule has 0 saturated heterocycles. The Kier molecular flexibility index (Phi) is 4.75. The van der Waals surface area contributed by atoms with Gasteiger partial charge in [0.15, 0.2) is 7.14 Å². The Bertz CT molecular complexity index is 410. The highest BCUT2D eigenvalue weighted by Gasteiger charge is 2.41. The van der Waals surface area contributed by atoms with Crippen LogP contribution in [0.15, 0.2) is 60.7 Å². The van der Waals surface area contributed by atoms with Crippen molar-refractivity contribution in [1.82, 2.24) is 0 Å². The molecule has 0 aliphatic heterocycles. The van der Waals surface area contributed by atoms with Crippen molar-refractivity contribution in [3.63, 3.8) is 0 Å². The maximum Gasteiger partial charge on any atom is 0.433 e. The van der Waals surface area contributed by atoms with Gasteiger partial charge in [-0.3, -0.25) is 0 Å². The highest BCUT2D eigenvalue weighted by atomic mass is 127. The van der Waals surface area contributed by atoms with Crippen molar-refractivity contribution in [2.45, 2.75) is 0 Å². The van der Waals surface area contributed by atoms with Gasteiger partial charge in [-0.1, -0.05) is 36.4 Å². The molecule has 2 aromatic rings. The van der Waals surface area contributed by atoms with E-state index in [2.05, 4.69) is 0 Å². The van der Waals surface area contributed by atoms with E-state index in [1.165, 1.54) is 0 Å². The van der Waals surface area contributed by atoms with Crippen molar-refractivity contribution in [2.75, 3.05) is 0 Å². The summed E-state index contributed by atoms with van der Waals surface area (Å²) in [5.41, 5.74) is 0. The van der Waals surface area contributed by atoms with Gasteiger partial charge in [-0.15, -0.1) is 0 Å². The summed E-state index contributed by atoms with van der Waals surface area (Å²) < 4.78 is 28.4. The molecule has 5 heteroatoms. The summed E-state index contributed by atoms with van der Waals surface area (Å²) in [6.07, 6.45) is 0. The Labute approximate surface area is 110 Å². The second-order valence-electron chi connectivity index (χ2n) is 3.09. The number of hydrogen-bond donors (Lipinski definition) is 0. The van der Waals surface area contributed by atoms with Gasteiger partial charge in [0.1, 0.15) is 0 Å². The molecule has 0 aromatic heterocycles. The van der Waals surface area contributed by atoms with Crippen LogP contribution >= 0.6 is 0 Å². The molecule has 2 aromatic carbocycles. The quantitative estimate of drug-likeness (QED) is 0.558. The van der Waals surface area contributed by atoms with Crippen LogP contribution in [0.1, 0.15) is 0 Å². The summed E-state index contributed by atoms with van der Waals surface area (Å²) in [7, 11) is -2.14. The summed E-state index contributed by atoms with van der Waals surface area (Å²) in [6, 6.07) is 18.9. The lowest BCUT2D eigenvalue weighted by Gasteiger charge is -1.97. The Morgan fingerprint density at radius 2 is 1.18 bits per heavy atom. The molecule has 0 unspecified atom stereocenters. The van der Waals surface area contributed by atoms with Crippen LogP contribution in [0, 0.1) is 17.9 Å². The molecule has 1 radical (unpaired) electrons. The molecule has 0 bridgehead atoms. The van der Waals surface area contributed by atoms with Gasteiger partial charge in [0.2, 0.25) is 2.62 Å². The Morgan fingerprint density at radius 3 is 1.53 bits per heavy atom. The minimum atomic E-state index is -2.33. The van der Waals surface area contributed by atoms with Gasteiger partial charge in [0.05, 0.1) is 0 Å². The van der Waals surface area contributed by atoms with E-state index in [4.69, 9.17) is 2.62 Å². The van der Waals surface area contributed by atoms with Gasteiger partial charge in [-0.25, -0.2) is 0 Å². The van der Waals surface area contributed by atoms with Crippen LogP contribution in [0.3, 0.4) is 0 Å². The monoisotopic (exact) mass is 364 g/mol. The van der Waals surface area contributed by atoms with E-state index >= 15 is 0 Å². The number of halogens is 2. The maximum absolute atomic E-state index is 10.7. The third-order valence-corrected chi connectivity index (χ3v) is 7.70. The first kappa shape index (κ1) is 12.8. The van der Waals surface area contributed by atoms with Crippen molar-refractivity contribution >= 4 is 0 Å². The van der Waals surface area contributed by atoms with E-state index in [-0.39, 0.29) is 0 Å². The molecule has 0 spiro atoms. The van der Waals surface area contributed by atoms with E-state index in [1.54, 1.807) is 0 Å². The predicted octanol–water partition coefficient (Wildman–Crippen LogP) is -2.63. The van der Waals surface area contributed by atoms with E-state index in [9.17, 15) is 9.32 Å². The largest absolute Gasteiger partial charge is 0.433 e. The van der Waals surface area contributed by atoms with Gasteiger partial charge in [0, 0.05) is 0 Å². The van der Waals surface area contributed by atoms with Gasteiger partial charge in [0.25, 0.3) is 0 Å². The van der Waals surface area contributed by atoms with Gasteiger partial charge < -0.3 is 9.32 Å². The molecule has 0 amide bonds. The topological polar surface area (TPSA) is 55.3 Å². The fourth-order valence-corrected chi connectivity index (χ4v) is 6.35. The lowest BCUT2D eigenvalue weighted by atomic mass is 10.4. The zero-order chi connectivity index (χ0) is 12.1. The molecule has 0 aliphatic carbocycles. The van der Waals surface area contributed by atoms with Gasteiger partial charge in [-0.05, 0) is 24.3 Å². The average molecular weight is 365 g/mol. The number of hydrogen-bond acceptors (Lipinski definition) is 3. The average Bonchev–Trinajstić information content (AvgIpc) is 2.38. The predicted molar refractivity (Wildman–Crippen MR) is 51.4 cm³/mol. The number of rotatable bonds is 4. The zero-order valence-corrected chi connectivity index (χ0v) is 11.7. The first-order chi connectivity index (χ1) is 8.27. The molecule has 0 atom stereocenters. The van der Waals surface area contributed by atoms with Crippen LogP contribution in [-0.4, -0.2) is 0 Å². The first-order valence-corrected chi connectivity index (χ1v) is 8.78. The smallest absolute Gasteiger partial charge is 0.316 e. The third kappa shape index (κ3) is 3.65. The molecule has 89 valence electrons. The van der Waals surface area contributed by atoms with Crippen molar-refractivity contribution in [2.24, 2.45) is 0 Å². The second kappa shape index (κ2) is 6.32. The summed E-state index contributed by atoms with van der Waals surface area (Å²) in [6.45, 7) is 0. The molecule has 0 aliphatic rings. The van der Waals surface area contributed by atoms with Crippen molar-refractivity contribution in [1.29, 1.82) is 0 Å². The highest BCUT2D eigenvalue weighted by molar-refractivity contribution is 5.03. The molecular formula is C12H10ClIO3+. The maximum atomic E-state index is 10.7. The van der Waals surface area contributed by atoms with Gasteiger partial charge >= 0.3 is 31.0 Å². The van der Waals surface area contributed by atoms with Crippen molar-refractivity contribution in [3.8, 4) is 0 Å². The molecule has 2 rings (SSSR count). The van der Waals surface area contributed by atoms with Crippen LogP contribution in [0.2, 0.25) is 0 Å². The first-order valence-electron chi connectivity index (χ1n) is 4.82. The summed E-state index contributed by atoms with van der Waals surface area (Å²) in [4.78, 5) is 0. The van der Waals surface area contributed by atoms with Crippen LogP contribution < -0.4 is 29.6 Å². The molecule has 3 nitrogen and oxygen atoms in total. The fraction of sp³-hybridized carbons (Fsp3) is 0. The molecule has 17 heavy (non-hydrogen) atoms. The van der Waals surface area contributed by atoms with Crippen molar-refractivity contribution in [3.05, 3.63) is 67.8 Å². The van der Waals surface area contributed by atoms with E-state index in [1.807, 2.05) is 60.7 Å². The highest BCUT2D eigenvalue weighted by Crippen LogP contribution is 1.87. The fourth-order valence-electron chi connectivity index (χ4n) is 1.30. The molecule has 0 heterocycles. The van der Waals surface area contributed by atoms with Gasteiger partial charge in [-0.2, -0.15) is 0 Å². The minimum absolute atomic E-state index is 0.956. The summed E-state index contributed by atoms with van der Waals surface area (Å²) >= 11 is -2.33. The third-order valence-electron chi connectivity index (χ3n) is 1.97. The Balaban J connectivity index is 2.32. The second-order valence-corrected chi connectivity index (χ2v) is 8.49. The van der Waals surface area contributed by atoms with E-state index in [0.29, 0.717) is 0 Å². The Hall–Kier alpha value is -0.660. The standard InChI is InChI=1S/C12H10ClIO3/c15-13(16)17-14(11-7-3-1-4-8-11)12-9-5-2-6-10-12/h1-10H/q+1.